The zero-order chi connectivity index (χ0) is 14.5. The number of rotatable bonds is 4. The Kier molecular flexibility index (Phi) is 5.11. The Bertz CT molecular complexity index is 501. The number of carbonyl (C=O) groups is 1. The monoisotopic (exact) mass is 295 g/mol. The van der Waals surface area contributed by atoms with Gasteiger partial charge in [-0.2, -0.15) is 0 Å². The van der Waals surface area contributed by atoms with Gasteiger partial charge in [0.25, 0.3) is 0 Å². The minimum absolute atomic E-state index is 0.161. The standard InChI is InChI=1S/C14H21N3O2S/c1-10(14(18)17-11-5-3-2-4-6-11)20(19)13-7-8-16-9-12(13)15/h7-11H,2-6,15H2,1H3,(H,17,18). The van der Waals surface area contributed by atoms with E-state index in [0.29, 0.717) is 10.6 Å². The predicted octanol–water partition coefficient (Wildman–Crippen LogP) is 1.61. The van der Waals surface area contributed by atoms with E-state index in [-0.39, 0.29) is 11.9 Å². The second-order valence-electron chi connectivity index (χ2n) is 5.20. The summed E-state index contributed by atoms with van der Waals surface area (Å²) in [4.78, 5) is 16.5. The average Bonchev–Trinajstić information content (AvgIpc) is 2.47. The molecule has 2 rings (SSSR count). The third-order valence-electron chi connectivity index (χ3n) is 3.67. The molecule has 0 radical (unpaired) electrons. The first-order valence-corrected chi connectivity index (χ1v) is 8.21. The van der Waals surface area contributed by atoms with E-state index in [1.54, 1.807) is 13.0 Å². The first-order chi connectivity index (χ1) is 9.59. The van der Waals surface area contributed by atoms with Crippen molar-refractivity contribution in [3.8, 4) is 0 Å². The van der Waals surface area contributed by atoms with Crippen LogP contribution in [0.5, 0.6) is 0 Å². The summed E-state index contributed by atoms with van der Waals surface area (Å²) in [5.74, 6) is -0.161. The van der Waals surface area contributed by atoms with Crippen LogP contribution in [0.25, 0.3) is 0 Å². The lowest BCUT2D eigenvalue weighted by Crippen LogP contribution is -2.42. The van der Waals surface area contributed by atoms with Crippen LogP contribution in [0.3, 0.4) is 0 Å². The lowest BCUT2D eigenvalue weighted by atomic mass is 9.95. The van der Waals surface area contributed by atoms with Crippen LogP contribution >= 0.6 is 0 Å². The summed E-state index contributed by atoms with van der Waals surface area (Å²) >= 11 is 0. The number of nitrogens with two attached hydrogens (primary N) is 1. The fraction of sp³-hybridized carbons (Fsp3) is 0.571. The highest BCUT2D eigenvalue weighted by molar-refractivity contribution is 7.86. The van der Waals surface area contributed by atoms with Crippen molar-refractivity contribution < 1.29 is 9.00 Å². The third-order valence-corrected chi connectivity index (χ3v) is 5.33. The Balaban J connectivity index is 1.99. The Labute approximate surface area is 121 Å². The van der Waals surface area contributed by atoms with Crippen LogP contribution in [0.15, 0.2) is 23.4 Å². The minimum Gasteiger partial charge on any atom is -0.396 e. The van der Waals surface area contributed by atoms with Crippen molar-refractivity contribution in [2.24, 2.45) is 0 Å². The molecule has 1 aromatic rings. The number of aromatic nitrogens is 1. The van der Waals surface area contributed by atoms with Gasteiger partial charge in [-0.15, -0.1) is 0 Å². The molecule has 1 fully saturated rings. The molecule has 1 saturated carbocycles. The molecule has 0 aromatic carbocycles. The van der Waals surface area contributed by atoms with E-state index < -0.39 is 16.0 Å². The smallest absolute Gasteiger partial charge is 0.236 e. The van der Waals surface area contributed by atoms with Crippen LogP contribution in [-0.4, -0.2) is 26.4 Å². The minimum atomic E-state index is -1.45. The summed E-state index contributed by atoms with van der Waals surface area (Å²) in [5, 5.41) is 2.39. The summed E-state index contributed by atoms with van der Waals surface area (Å²) in [7, 11) is -1.45. The maximum absolute atomic E-state index is 12.4. The fourth-order valence-electron chi connectivity index (χ4n) is 2.43. The van der Waals surface area contributed by atoms with Crippen LogP contribution in [0.1, 0.15) is 39.0 Å². The molecule has 5 nitrogen and oxygen atoms in total. The first-order valence-electron chi connectivity index (χ1n) is 7.00. The van der Waals surface area contributed by atoms with Crippen molar-refractivity contribution in [3.63, 3.8) is 0 Å². The number of hydrogen-bond acceptors (Lipinski definition) is 4. The summed E-state index contributed by atoms with van der Waals surface area (Å²) in [6.07, 6.45) is 8.57. The molecule has 0 bridgehead atoms. The van der Waals surface area contributed by atoms with Crippen molar-refractivity contribution in [2.45, 2.75) is 55.2 Å². The number of hydrogen-bond donors (Lipinski definition) is 2. The van der Waals surface area contributed by atoms with Crippen LogP contribution in [-0.2, 0) is 15.6 Å². The molecule has 1 aromatic heterocycles. The second kappa shape index (κ2) is 6.83. The van der Waals surface area contributed by atoms with E-state index in [1.165, 1.54) is 18.8 Å². The molecule has 1 amide bonds. The maximum atomic E-state index is 12.4. The predicted molar refractivity (Wildman–Crippen MR) is 79.5 cm³/mol. The number of amides is 1. The summed E-state index contributed by atoms with van der Waals surface area (Å²) in [6.45, 7) is 1.67. The van der Waals surface area contributed by atoms with E-state index in [2.05, 4.69) is 10.3 Å². The Hall–Kier alpha value is -1.43. The van der Waals surface area contributed by atoms with Crippen molar-refractivity contribution in [3.05, 3.63) is 18.5 Å². The molecule has 110 valence electrons. The highest BCUT2D eigenvalue weighted by Gasteiger charge is 2.25. The number of anilines is 1. The first kappa shape index (κ1) is 15.0. The molecule has 0 spiro atoms. The van der Waals surface area contributed by atoms with Crippen LogP contribution in [0.4, 0.5) is 5.69 Å². The fourth-order valence-corrected chi connectivity index (χ4v) is 3.55. The Morgan fingerprint density at radius 2 is 2.15 bits per heavy atom. The number of nitrogens with zero attached hydrogens (tertiary/aromatic N) is 1. The van der Waals surface area contributed by atoms with Crippen LogP contribution < -0.4 is 11.1 Å². The molecular weight excluding hydrogens is 274 g/mol. The van der Waals surface area contributed by atoms with Crippen LogP contribution in [0, 0.1) is 0 Å². The van der Waals surface area contributed by atoms with Gasteiger partial charge in [-0.3, -0.25) is 14.0 Å². The lowest BCUT2D eigenvalue weighted by Gasteiger charge is -2.24. The van der Waals surface area contributed by atoms with Crippen molar-refractivity contribution in [2.75, 3.05) is 5.73 Å². The van der Waals surface area contributed by atoms with Crippen molar-refractivity contribution in [1.82, 2.24) is 10.3 Å². The highest BCUT2D eigenvalue weighted by atomic mass is 32.2. The summed E-state index contributed by atoms with van der Waals surface area (Å²) in [6, 6.07) is 1.83. The molecule has 2 unspecified atom stereocenters. The van der Waals surface area contributed by atoms with Crippen molar-refractivity contribution >= 4 is 22.4 Å². The maximum Gasteiger partial charge on any atom is 0.236 e. The van der Waals surface area contributed by atoms with Gasteiger partial charge in [0.2, 0.25) is 5.91 Å². The van der Waals surface area contributed by atoms with Gasteiger partial charge >= 0.3 is 0 Å². The van der Waals surface area contributed by atoms with Crippen molar-refractivity contribution in [1.29, 1.82) is 0 Å². The quantitative estimate of drug-likeness (QED) is 0.883. The van der Waals surface area contributed by atoms with Gasteiger partial charge in [-0.25, -0.2) is 0 Å². The van der Waals surface area contributed by atoms with Gasteiger partial charge in [-0.1, -0.05) is 19.3 Å². The topological polar surface area (TPSA) is 85.1 Å². The largest absolute Gasteiger partial charge is 0.396 e. The third kappa shape index (κ3) is 3.56. The lowest BCUT2D eigenvalue weighted by molar-refractivity contribution is -0.121. The number of nitrogen functional groups attached to an aromatic ring is 1. The Morgan fingerprint density at radius 1 is 1.45 bits per heavy atom. The molecule has 0 aliphatic heterocycles. The van der Waals surface area contributed by atoms with E-state index in [0.717, 1.165) is 25.7 Å². The van der Waals surface area contributed by atoms with Gasteiger partial charge in [0, 0.05) is 12.2 Å². The number of nitrogens with one attached hydrogen (secondary N) is 1. The normalized spacial score (nSPS) is 19.2. The molecule has 3 N–H and O–H groups in total. The molecule has 2 atom stereocenters. The van der Waals surface area contributed by atoms with Gasteiger partial charge in [0.1, 0.15) is 5.25 Å². The van der Waals surface area contributed by atoms with E-state index >= 15 is 0 Å². The van der Waals surface area contributed by atoms with Crippen LogP contribution in [0.2, 0.25) is 0 Å². The molecule has 1 aliphatic carbocycles. The van der Waals surface area contributed by atoms with Gasteiger partial charge in [-0.05, 0) is 25.8 Å². The highest BCUT2D eigenvalue weighted by Crippen LogP contribution is 2.20. The van der Waals surface area contributed by atoms with E-state index in [4.69, 9.17) is 5.73 Å². The number of pyridine rings is 1. The average molecular weight is 295 g/mol. The molecule has 6 heteroatoms. The summed E-state index contributed by atoms with van der Waals surface area (Å²) < 4.78 is 12.4. The van der Waals surface area contributed by atoms with Gasteiger partial charge < -0.3 is 11.1 Å². The SMILES string of the molecule is CC(C(=O)NC1CCCCC1)S(=O)c1ccncc1N. The molecule has 20 heavy (non-hydrogen) atoms. The molecule has 0 saturated heterocycles. The van der Waals surface area contributed by atoms with E-state index in [1.807, 2.05) is 0 Å². The second-order valence-corrected chi connectivity index (χ2v) is 6.94. The van der Waals surface area contributed by atoms with Gasteiger partial charge in [0.05, 0.1) is 27.6 Å². The van der Waals surface area contributed by atoms with E-state index in [9.17, 15) is 9.00 Å². The summed E-state index contributed by atoms with van der Waals surface area (Å²) in [5.41, 5.74) is 6.12. The van der Waals surface area contributed by atoms with Gasteiger partial charge in [0.15, 0.2) is 0 Å². The Morgan fingerprint density at radius 3 is 2.80 bits per heavy atom. The molecule has 1 aliphatic rings. The zero-order valence-electron chi connectivity index (χ0n) is 11.7. The molecular formula is C14H21N3O2S. The molecule has 1 heterocycles. The zero-order valence-corrected chi connectivity index (χ0v) is 12.5. The number of carbonyl (C=O) groups excluding carboxylic acids is 1.